The molecule has 0 fully saturated rings. The second-order valence-electron chi connectivity index (χ2n) is 2.67. The molecule has 0 saturated heterocycles. The van der Waals surface area contributed by atoms with Crippen molar-refractivity contribution in [3.8, 4) is 6.07 Å². The van der Waals surface area contributed by atoms with E-state index >= 15 is 0 Å². The molecule has 1 heterocycles. The number of pyridine rings is 1. The number of hydrogen-bond acceptors (Lipinski definition) is 2. The average Bonchev–Trinajstić information content (AvgIpc) is 2.15. The summed E-state index contributed by atoms with van der Waals surface area (Å²) >= 11 is 2.69. The average molecular weight is 301 g/mol. The maximum Gasteiger partial charge on any atom is 0.433 e. The van der Waals surface area contributed by atoms with E-state index in [1.807, 2.05) is 0 Å². The van der Waals surface area contributed by atoms with Crippen molar-refractivity contribution in [3.63, 3.8) is 0 Å². The van der Waals surface area contributed by atoms with Crippen LogP contribution in [0.3, 0.4) is 0 Å². The standard InChI is InChI=1S/C8H2BrF5N2/c9-4-1-3(7(10)11)6(8(12,13)14)16-5(4)2-15/h1,7H. The van der Waals surface area contributed by atoms with Gasteiger partial charge in [0.2, 0.25) is 0 Å². The molecule has 0 saturated carbocycles. The van der Waals surface area contributed by atoms with Crippen LogP contribution in [0.5, 0.6) is 0 Å². The summed E-state index contributed by atoms with van der Waals surface area (Å²) < 4.78 is 61.5. The number of nitriles is 1. The summed E-state index contributed by atoms with van der Waals surface area (Å²) in [7, 11) is 0. The Balaban J connectivity index is 3.51. The molecule has 16 heavy (non-hydrogen) atoms. The van der Waals surface area contributed by atoms with Crippen molar-refractivity contribution >= 4 is 15.9 Å². The number of nitrogens with zero attached hydrogens (tertiary/aromatic N) is 2. The minimum atomic E-state index is -5.02. The van der Waals surface area contributed by atoms with Crippen molar-refractivity contribution in [1.82, 2.24) is 4.98 Å². The lowest BCUT2D eigenvalue weighted by Crippen LogP contribution is -2.13. The van der Waals surface area contributed by atoms with Gasteiger partial charge in [-0.15, -0.1) is 0 Å². The molecular formula is C8H2BrF5N2. The Kier molecular flexibility index (Phi) is 3.48. The maximum absolute atomic E-state index is 12.3. The van der Waals surface area contributed by atoms with Gasteiger partial charge in [-0.25, -0.2) is 13.8 Å². The van der Waals surface area contributed by atoms with E-state index < -0.39 is 29.6 Å². The number of hydrogen-bond donors (Lipinski definition) is 0. The van der Waals surface area contributed by atoms with Crippen LogP contribution < -0.4 is 0 Å². The molecule has 0 atom stereocenters. The molecule has 0 aromatic carbocycles. The SMILES string of the molecule is N#Cc1nc(C(F)(F)F)c(C(F)F)cc1Br. The van der Waals surface area contributed by atoms with Crippen LogP contribution in [0.2, 0.25) is 0 Å². The molecule has 1 rings (SSSR count). The van der Waals surface area contributed by atoms with E-state index in [0.717, 1.165) is 0 Å². The van der Waals surface area contributed by atoms with Crippen LogP contribution in [0.25, 0.3) is 0 Å². The first-order valence-electron chi connectivity index (χ1n) is 3.73. The monoisotopic (exact) mass is 300 g/mol. The molecule has 0 N–H and O–H groups in total. The molecule has 0 radical (unpaired) electrons. The van der Waals surface area contributed by atoms with E-state index in [9.17, 15) is 22.0 Å². The quantitative estimate of drug-likeness (QED) is 0.742. The second-order valence-corrected chi connectivity index (χ2v) is 3.52. The van der Waals surface area contributed by atoms with Gasteiger partial charge >= 0.3 is 6.18 Å². The zero-order chi connectivity index (χ0) is 12.5. The number of rotatable bonds is 1. The van der Waals surface area contributed by atoms with Crippen molar-refractivity contribution in [3.05, 3.63) is 27.5 Å². The van der Waals surface area contributed by atoms with Gasteiger partial charge in [0.1, 0.15) is 6.07 Å². The Morgan fingerprint density at radius 3 is 2.31 bits per heavy atom. The fraction of sp³-hybridized carbons (Fsp3) is 0.250. The summed E-state index contributed by atoms with van der Waals surface area (Å²) in [6.45, 7) is 0. The molecule has 0 aliphatic heterocycles. The van der Waals surface area contributed by atoms with Crippen LogP contribution in [0.1, 0.15) is 23.4 Å². The Morgan fingerprint density at radius 1 is 1.38 bits per heavy atom. The molecular weight excluding hydrogens is 299 g/mol. The molecule has 0 aliphatic carbocycles. The maximum atomic E-state index is 12.3. The van der Waals surface area contributed by atoms with E-state index in [1.165, 1.54) is 6.07 Å². The van der Waals surface area contributed by atoms with Crippen molar-refractivity contribution in [2.45, 2.75) is 12.6 Å². The van der Waals surface area contributed by atoms with Gasteiger partial charge in [0, 0.05) is 5.56 Å². The van der Waals surface area contributed by atoms with E-state index in [4.69, 9.17) is 5.26 Å². The predicted molar refractivity (Wildman–Crippen MR) is 46.6 cm³/mol. The fourth-order valence-electron chi connectivity index (χ4n) is 0.975. The third kappa shape index (κ3) is 2.47. The number of halogens is 6. The van der Waals surface area contributed by atoms with Crippen LogP contribution in [0.4, 0.5) is 22.0 Å². The highest BCUT2D eigenvalue weighted by atomic mass is 79.9. The topological polar surface area (TPSA) is 36.7 Å². The minimum Gasteiger partial charge on any atom is -0.231 e. The van der Waals surface area contributed by atoms with Gasteiger partial charge in [-0.05, 0) is 22.0 Å². The molecule has 86 valence electrons. The van der Waals surface area contributed by atoms with Gasteiger partial charge in [-0.3, -0.25) is 0 Å². The lowest BCUT2D eigenvalue weighted by molar-refractivity contribution is -0.143. The molecule has 8 heteroatoms. The molecule has 0 spiro atoms. The summed E-state index contributed by atoms with van der Waals surface area (Å²) in [5.74, 6) is 0. The summed E-state index contributed by atoms with van der Waals surface area (Å²) in [5.41, 5.74) is -3.57. The van der Waals surface area contributed by atoms with Gasteiger partial charge in [0.05, 0.1) is 4.47 Å². The predicted octanol–water partition coefficient (Wildman–Crippen LogP) is 3.67. The van der Waals surface area contributed by atoms with Crippen LogP contribution in [0, 0.1) is 11.3 Å². The highest BCUT2D eigenvalue weighted by Gasteiger charge is 2.38. The van der Waals surface area contributed by atoms with Crippen LogP contribution in [0.15, 0.2) is 10.5 Å². The first-order chi connectivity index (χ1) is 7.27. The second kappa shape index (κ2) is 4.33. The molecule has 1 aromatic rings. The molecule has 0 bridgehead atoms. The lowest BCUT2D eigenvalue weighted by Gasteiger charge is -2.12. The van der Waals surface area contributed by atoms with Crippen LogP contribution >= 0.6 is 15.9 Å². The molecule has 1 aromatic heterocycles. The van der Waals surface area contributed by atoms with Gasteiger partial charge < -0.3 is 0 Å². The first kappa shape index (κ1) is 12.8. The largest absolute Gasteiger partial charge is 0.433 e. The normalized spacial score (nSPS) is 11.6. The zero-order valence-electron chi connectivity index (χ0n) is 7.32. The van der Waals surface area contributed by atoms with Crippen molar-refractivity contribution in [2.75, 3.05) is 0 Å². The molecule has 0 amide bonds. The Morgan fingerprint density at radius 2 is 1.94 bits per heavy atom. The van der Waals surface area contributed by atoms with E-state index in [2.05, 4.69) is 20.9 Å². The fourth-order valence-corrected chi connectivity index (χ4v) is 1.40. The van der Waals surface area contributed by atoms with Gasteiger partial charge in [0.15, 0.2) is 11.4 Å². The highest BCUT2D eigenvalue weighted by molar-refractivity contribution is 9.10. The van der Waals surface area contributed by atoms with E-state index in [1.54, 1.807) is 0 Å². The van der Waals surface area contributed by atoms with Crippen molar-refractivity contribution in [1.29, 1.82) is 5.26 Å². The first-order valence-corrected chi connectivity index (χ1v) is 4.52. The van der Waals surface area contributed by atoms with Crippen LogP contribution in [-0.4, -0.2) is 4.98 Å². The van der Waals surface area contributed by atoms with Crippen molar-refractivity contribution in [2.24, 2.45) is 0 Å². The van der Waals surface area contributed by atoms with Crippen LogP contribution in [-0.2, 0) is 6.18 Å². The lowest BCUT2D eigenvalue weighted by atomic mass is 10.1. The Labute approximate surface area is 94.8 Å². The van der Waals surface area contributed by atoms with E-state index in [-0.39, 0.29) is 4.47 Å². The Bertz CT molecular complexity index is 449. The zero-order valence-corrected chi connectivity index (χ0v) is 8.90. The minimum absolute atomic E-state index is 0.196. The van der Waals surface area contributed by atoms with E-state index in [0.29, 0.717) is 6.07 Å². The van der Waals surface area contributed by atoms with Crippen molar-refractivity contribution < 1.29 is 22.0 Å². The molecule has 0 aliphatic rings. The smallest absolute Gasteiger partial charge is 0.231 e. The number of aromatic nitrogens is 1. The van der Waals surface area contributed by atoms with Gasteiger partial charge in [-0.2, -0.15) is 18.4 Å². The third-order valence-electron chi connectivity index (χ3n) is 1.61. The summed E-state index contributed by atoms with van der Waals surface area (Å²) in [5, 5.41) is 8.44. The highest BCUT2D eigenvalue weighted by Crippen LogP contribution is 2.36. The van der Waals surface area contributed by atoms with Gasteiger partial charge in [0.25, 0.3) is 6.43 Å². The Hall–Kier alpha value is -1.23. The molecule has 0 unspecified atom stereocenters. The summed E-state index contributed by atoms with van der Waals surface area (Å²) in [4.78, 5) is 2.87. The summed E-state index contributed by atoms with van der Waals surface area (Å²) in [6.07, 6.45) is -8.33. The van der Waals surface area contributed by atoms with Gasteiger partial charge in [-0.1, -0.05) is 0 Å². The summed E-state index contributed by atoms with van der Waals surface area (Å²) in [6, 6.07) is 1.93. The number of alkyl halides is 5. The third-order valence-corrected chi connectivity index (χ3v) is 2.22. The molecule has 2 nitrogen and oxygen atoms in total.